The van der Waals surface area contributed by atoms with E-state index < -0.39 is 0 Å². The second-order valence-corrected chi connectivity index (χ2v) is 4.96. The summed E-state index contributed by atoms with van der Waals surface area (Å²) in [7, 11) is 0. The van der Waals surface area contributed by atoms with Crippen LogP contribution in [-0.2, 0) is 6.42 Å². The Morgan fingerprint density at radius 3 is 3.12 bits per heavy atom. The van der Waals surface area contributed by atoms with Crippen molar-refractivity contribution < 1.29 is 4.42 Å². The first kappa shape index (κ1) is 10.6. The highest BCUT2D eigenvalue weighted by Crippen LogP contribution is 2.19. The molecule has 0 aliphatic heterocycles. The number of aromatic nitrogens is 2. The fraction of sp³-hybridized carbons (Fsp3) is 0.250. The molecule has 3 aromatic heterocycles. The lowest BCUT2D eigenvalue weighted by atomic mass is 10.1. The molecule has 0 spiro atoms. The van der Waals surface area contributed by atoms with E-state index in [-0.39, 0.29) is 6.04 Å². The standard InChI is InChI=1S/C12H13N3OS/c1-8-2-3-11(16-8)10(13)6-9-7-15-4-5-17-12(15)14-9/h2-5,7,10H,6,13H2,1H3. The van der Waals surface area contributed by atoms with Gasteiger partial charge in [-0.05, 0) is 19.1 Å². The summed E-state index contributed by atoms with van der Waals surface area (Å²) in [5.74, 6) is 1.71. The smallest absolute Gasteiger partial charge is 0.193 e. The number of thiazole rings is 1. The summed E-state index contributed by atoms with van der Waals surface area (Å²) in [6, 6.07) is 3.73. The molecule has 5 heteroatoms. The van der Waals surface area contributed by atoms with Crippen LogP contribution >= 0.6 is 11.3 Å². The number of hydrogen-bond donors (Lipinski definition) is 1. The molecule has 0 aromatic carbocycles. The van der Waals surface area contributed by atoms with Gasteiger partial charge in [0.2, 0.25) is 0 Å². The van der Waals surface area contributed by atoms with E-state index in [0.717, 1.165) is 22.2 Å². The molecule has 3 rings (SSSR count). The number of fused-ring (bicyclic) bond motifs is 1. The summed E-state index contributed by atoms with van der Waals surface area (Å²) in [6.07, 6.45) is 4.71. The molecule has 0 amide bonds. The van der Waals surface area contributed by atoms with Crippen molar-refractivity contribution in [2.75, 3.05) is 0 Å². The van der Waals surface area contributed by atoms with Gasteiger partial charge in [-0.15, -0.1) is 11.3 Å². The summed E-state index contributed by atoms with van der Waals surface area (Å²) < 4.78 is 7.53. The second kappa shape index (κ2) is 4.01. The predicted molar refractivity (Wildman–Crippen MR) is 67.1 cm³/mol. The molecule has 0 radical (unpaired) electrons. The third-order valence-corrected chi connectivity index (χ3v) is 3.47. The topological polar surface area (TPSA) is 56.5 Å². The zero-order valence-corrected chi connectivity index (χ0v) is 10.3. The molecule has 1 unspecified atom stereocenters. The highest BCUT2D eigenvalue weighted by molar-refractivity contribution is 7.15. The maximum absolute atomic E-state index is 6.09. The Balaban J connectivity index is 1.80. The van der Waals surface area contributed by atoms with Crippen LogP contribution in [0.3, 0.4) is 0 Å². The lowest BCUT2D eigenvalue weighted by Gasteiger charge is -2.05. The van der Waals surface area contributed by atoms with Crippen molar-refractivity contribution in [1.29, 1.82) is 0 Å². The van der Waals surface area contributed by atoms with Gasteiger partial charge in [-0.2, -0.15) is 0 Å². The minimum atomic E-state index is -0.131. The molecule has 0 saturated carbocycles. The quantitative estimate of drug-likeness (QED) is 0.773. The van der Waals surface area contributed by atoms with E-state index in [1.165, 1.54) is 0 Å². The van der Waals surface area contributed by atoms with Crippen molar-refractivity contribution in [1.82, 2.24) is 9.38 Å². The Hall–Kier alpha value is -1.59. The number of nitrogens with zero attached hydrogens (tertiary/aromatic N) is 2. The van der Waals surface area contributed by atoms with Gasteiger partial charge in [-0.25, -0.2) is 4.98 Å². The van der Waals surface area contributed by atoms with Gasteiger partial charge >= 0.3 is 0 Å². The normalized spacial score (nSPS) is 13.3. The fourth-order valence-corrected chi connectivity index (χ4v) is 2.57. The van der Waals surface area contributed by atoms with Gasteiger partial charge in [0.1, 0.15) is 11.5 Å². The Morgan fingerprint density at radius 2 is 2.41 bits per heavy atom. The fourth-order valence-electron chi connectivity index (χ4n) is 1.85. The molecular weight excluding hydrogens is 234 g/mol. The Kier molecular flexibility index (Phi) is 2.49. The van der Waals surface area contributed by atoms with E-state index in [4.69, 9.17) is 10.2 Å². The number of furan rings is 1. The van der Waals surface area contributed by atoms with Crippen LogP contribution in [0.4, 0.5) is 0 Å². The van der Waals surface area contributed by atoms with E-state index in [2.05, 4.69) is 4.98 Å². The third kappa shape index (κ3) is 1.99. The lowest BCUT2D eigenvalue weighted by Crippen LogP contribution is -2.12. The van der Waals surface area contributed by atoms with Crippen molar-refractivity contribution in [2.45, 2.75) is 19.4 Å². The summed E-state index contributed by atoms with van der Waals surface area (Å²) in [4.78, 5) is 5.51. The Labute approximate surface area is 103 Å². The van der Waals surface area contributed by atoms with Crippen LogP contribution in [0.1, 0.15) is 23.3 Å². The van der Waals surface area contributed by atoms with Gasteiger partial charge in [0.25, 0.3) is 0 Å². The van der Waals surface area contributed by atoms with Crippen molar-refractivity contribution in [3.05, 3.63) is 47.1 Å². The highest BCUT2D eigenvalue weighted by Gasteiger charge is 2.13. The number of rotatable bonds is 3. The Morgan fingerprint density at radius 1 is 1.53 bits per heavy atom. The minimum Gasteiger partial charge on any atom is -0.465 e. The summed E-state index contributed by atoms with van der Waals surface area (Å²) in [5.41, 5.74) is 7.09. The van der Waals surface area contributed by atoms with Crippen molar-refractivity contribution in [2.24, 2.45) is 5.73 Å². The molecule has 2 N–H and O–H groups in total. The molecule has 3 aromatic rings. The third-order valence-electron chi connectivity index (χ3n) is 2.70. The zero-order valence-electron chi connectivity index (χ0n) is 9.46. The molecule has 4 nitrogen and oxygen atoms in total. The van der Waals surface area contributed by atoms with E-state index in [9.17, 15) is 0 Å². The molecule has 0 bridgehead atoms. The van der Waals surface area contributed by atoms with Gasteiger partial charge in [0.15, 0.2) is 4.96 Å². The maximum atomic E-state index is 6.09. The van der Waals surface area contributed by atoms with Gasteiger partial charge in [0, 0.05) is 24.2 Å². The van der Waals surface area contributed by atoms with Crippen molar-refractivity contribution in [3.8, 4) is 0 Å². The van der Waals surface area contributed by atoms with E-state index in [1.807, 2.05) is 41.2 Å². The van der Waals surface area contributed by atoms with E-state index >= 15 is 0 Å². The van der Waals surface area contributed by atoms with Crippen molar-refractivity contribution >= 4 is 16.3 Å². The molecule has 0 aliphatic carbocycles. The minimum absolute atomic E-state index is 0.131. The summed E-state index contributed by atoms with van der Waals surface area (Å²) in [5, 5.41) is 2.02. The number of aryl methyl sites for hydroxylation is 1. The molecule has 0 saturated heterocycles. The van der Waals surface area contributed by atoms with Crippen LogP contribution in [0.2, 0.25) is 0 Å². The van der Waals surface area contributed by atoms with Crippen LogP contribution in [0, 0.1) is 6.92 Å². The molecule has 0 aliphatic rings. The molecule has 17 heavy (non-hydrogen) atoms. The van der Waals surface area contributed by atoms with Crippen LogP contribution in [-0.4, -0.2) is 9.38 Å². The van der Waals surface area contributed by atoms with Gasteiger partial charge < -0.3 is 10.2 Å². The molecule has 0 fully saturated rings. The molecule has 88 valence electrons. The zero-order chi connectivity index (χ0) is 11.8. The van der Waals surface area contributed by atoms with Crippen molar-refractivity contribution in [3.63, 3.8) is 0 Å². The summed E-state index contributed by atoms with van der Waals surface area (Å²) in [6.45, 7) is 1.92. The van der Waals surface area contributed by atoms with E-state index in [0.29, 0.717) is 6.42 Å². The number of nitrogens with two attached hydrogens (primary N) is 1. The molecule has 3 heterocycles. The van der Waals surface area contributed by atoms with Gasteiger partial charge in [-0.1, -0.05) is 0 Å². The summed E-state index contributed by atoms with van der Waals surface area (Å²) >= 11 is 1.62. The average molecular weight is 247 g/mol. The predicted octanol–water partition coefficient (Wildman–Crippen LogP) is 2.54. The average Bonchev–Trinajstić information content (AvgIpc) is 2.92. The highest BCUT2D eigenvalue weighted by atomic mass is 32.1. The molecule has 1 atom stereocenters. The first-order valence-electron chi connectivity index (χ1n) is 5.45. The SMILES string of the molecule is Cc1ccc(C(N)Cc2cn3ccsc3n2)o1. The monoisotopic (exact) mass is 247 g/mol. The second-order valence-electron chi connectivity index (χ2n) is 4.08. The van der Waals surface area contributed by atoms with Gasteiger partial charge in [-0.3, -0.25) is 4.40 Å². The number of hydrogen-bond acceptors (Lipinski definition) is 4. The lowest BCUT2D eigenvalue weighted by molar-refractivity contribution is 0.443. The van der Waals surface area contributed by atoms with Crippen LogP contribution in [0.25, 0.3) is 4.96 Å². The first-order valence-corrected chi connectivity index (χ1v) is 6.33. The number of imidazole rings is 1. The van der Waals surface area contributed by atoms with Crippen LogP contribution < -0.4 is 5.73 Å². The largest absolute Gasteiger partial charge is 0.465 e. The first-order chi connectivity index (χ1) is 8.22. The van der Waals surface area contributed by atoms with Crippen LogP contribution in [0.15, 0.2) is 34.3 Å². The van der Waals surface area contributed by atoms with Gasteiger partial charge in [0.05, 0.1) is 11.7 Å². The molecular formula is C12H13N3OS. The van der Waals surface area contributed by atoms with E-state index in [1.54, 1.807) is 11.3 Å². The maximum Gasteiger partial charge on any atom is 0.193 e. The van der Waals surface area contributed by atoms with Crippen LogP contribution in [0.5, 0.6) is 0 Å². The Bertz CT molecular complexity index is 608.